The highest BCUT2D eigenvalue weighted by molar-refractivity contribution is 5.71. The summed E-state index contributed by atoms with van der Waals surface area (Å²) in [4.78, 5) is 38.4. The predicted molar refractivity (Wildman–Crippen MR) is 349 cm³/mol. The van der Waals surface area contributed by atoms with Gasteiger partial charge in [-0.15, -0.1) is 0 Å². The van der Waals surface area contributed by atoms with Crippen molar-refractivity contribution in [2.75, 3.05) is 13.2 Å². The Balaban J connectivity index is 4.18. The molecule has 0 saturated heterocycles. The molecular weight excluding hydrogens is 985 g/mol. The minimum Gasteiger partial charge on any atom is -0.462 e. The van der Waals surface area contributed by atoms with E-state index in [1.807, 2.05) is 0 Å². The molecule has 0 amide bonds. The van der Waals surface area contributed by atoms with E-state index in [-0.39, 0.29) is 31.1 Å². The number of ether oxygens (including phenoxy) is 3. The van der Waals surface area contributed by atoms with Gasteiger partial charge in [0.2, 0.25) is 0 Å². The van der Waals surface area contributed by atoms with E-state index < -0.39 is 6.10 Å². The highest BCUT2D eigenvalue weighted by Crippen LogP contribution is 2.19. The highest BCUT2D eigenvalue weighted by atomic mass is 16.6. The van der Waals surface area contributed by atoms with Crippen LogP contribution in [0.5, 0.6) is 0 Å². The summed E-state index contributed by atoms with van der Waals surface area (Å²) in [6.07, 6.45) is 85.1. The monoisotopic (exact) mass is 1130 g/mol. The van der Waals surface area contributed by atoms with Gasteiger partial charge in [-0.25, -0.2) is 0 Å². The van der Waals surface area contributed by atoms with Gasteiger partial charge in [0, 0.05) is 19.3 Å². The van der Waals surface area contributed by atoms with Crippen LogP contribution in [0.3, 0.4) is 0 Å². The van der Waals surface area contributed by atoms with E-state index in [9.17, 15) is 14.4 Å². The fourth-order valence-corrected chi connectivity index (χ4v) is 11.2. The predicted octanol–water partition coefficient (Wildman–Crippen LogP) is 25.0. The fourth-order valence-electron chi connectivity index (χ4n) is 11.2. The molecule has 0 aromatic rings. The topological polar surface area (TPSA) is 78.9 Å². The van der Waals surface area contributed by atoms with Crippen molar-refractivity contribution in [2.45, 2.75) is 419 Å². The molecule has 0 aliphatic carbocycles. The minimum absolute atomic E-state index is 0.0693. The van der Waals surface area contributed by atoms with Crippen LogP contribution < -0.4 is 0 Å². The molecule has 0 N–H and O–H groups in total. The molecule has 80 heavy (non-hydrogen) atoms. The van der Waals surface area contributed by atoms with E-state index in [1.54, 1.807) is 0 Å². The van der Waals surface area contributed by atoms with Crippen molar-refractivity contribution in [1.29, 1.82) is 0 Å². The van der Waals surface area contributed by atoms with Crippen LogP contribution in [-0.2, 0) is 28.6 Å². The fraction of sp³-hybridized carbons (Fsp3) is 0.905. The molecule has 0 bridgehead atoms. The lowest BCUT2D eigenvalue weighted by Gasteiger charge is -2.18. The summed E-state index contributed by atoms with van der Waals surface area (Å²) in [5.41, 5.74) is 0. The zero-order valence-corrected chi connectivity index (χ0v) is 54.4. The van der Waals surface area contributed by atoms with Crippen LogP contribution in [-0.4, -0.2) is 37.2 Å². The Kier molecular flexibility index (Phi) is 67.6. The molecule has 6 nitrogen and oxygen atoms in total. The Morgan fingerprint density at radius 1 is 0.237 bits per heavy atom. The third kappa shape index (κ3) is 66.7. The quantitative estimate of drug-likeness (QED) is 0.0261. The lowest BCUT2D eigenvalue weighted by Crippen LogP contribution is -2.30. The van der Waals surface area contributed by atoms with Gasteiger partial charge in [-0.05, 0) is 70.6 Å². The number of carbonyl (C=O) groups is 3. The van der Waals surface area contributed by atoms with Crippen molar-refractivity contribution in [1.82, 2.24) is 0 Å². The maximum atomic E-state index is 12.9. The molecule has 0 aliphatic rings. The van der Waals surface area contributed by atoms with Crippen molar-refractivity contribution in [3.05, 3.63) is 24.3 Å². The third-order valence-electron chi connectivity index (χ3n) is 16.7. The number of carbonyl (C=O) groups excluding carboxylic acids is 3. The van der Waals surface area contributed by atoms with Crippen LogP contribution in [0.2, 0.25) is 0 Å². The number of hydrogen-bond acceptors (Lipinski definition) is 6. The molecule has 1 unspecified atom stereocenters. The molecule has 0 heterocycles. The maximum Gasteiger partial charge on any atom is 0.306 e. The molecule has 0 rings (SSSR count). The number of esters is 3. The van der Waals surface area contributed by atoms with Crippen LogP contribution in [0.25, 0.3) is 0 Å². The van der Waals surface area contributed by atoms with Crippen LogP contribution in [0.15, 0.2) is 24.3 Å². The zero-order chi connectivity index (χ0) is 57.8. The maximum absolute atomic E-state index is 12.9. The Bertz CT molecular complexity index is 1290. The number of rotatable bonds is 68. The molecule has 0 saturated carbocycles. The Morgan fingerprint density at radius 3 is 0.637 bits per heavy atom. The first-order valence-electron chi connectivity index (χ1n) is 36.3. The zero-order valence-electron chi connectivity index (χ0n) is 54.4. The lowest BCUT2D eigenvalue weighted by molar-refractivity contribution is -0.167. The summed E-state index contributed by atoms with van der Waals surface area (Å²) in [6, 6.07) is 0. The second kappa shape index (κ2) is 69.4. The summed E-state index contributed by atoms with van der Waals surface area (Å²) in [7, 11) is 0. The molecule has 0 fully saturated rings. The van der Waals surface area contributed by atoms with E-state index in [1.165, 1.54) is 308 Å². The van der Waals surface area contributed by atoms with Crippen LogP contribution >= 0.6 is 0 Å². The van der Waals surface area contributed by atoms with Gasteiger partial charge in [-0.2, -0.15) is 0 Å². The van der Waals surface area contributed by atoms with Crippen molar-refractivity contribution in [3.63, 3.8) is 0 Å². The van der Waals surface area contributed by atoms with Gasteiger partial charge in [0.1, 0.15) is 13.2 Å². The van der Waals surface area contributed by atoms with Crippen molar-refractivity contribution in [2.24, 2.45) is 0 Å². The van der Waals surface area contributed by atoms with E-state index in [0.717, 1.165) is 64.2 Å². The Morgan fingerprint density at radius 2 is 0.412 bits per heavy atom. The van der Waals surface area contributed by atoms with E-state index in [2.05, 4.69) is 45.1 Å². The SMILES string of the molecule is CCCCCC/C=C\CCCCCCCC(=O)OCC(COC(=O)CCCCCCCCCCCCCCCCCCCCCCCCCCCCCC)OC(=O)CCCCCCCCCCC/C=C\CCCCCCCCCC. The lowest BCUT2D eigenvalue weighted by atomic mass is 10.0. The van der Waals surface area contributed by atoms with Crippen molar-refractivity contribution >= 4 is 17.9 Å². The van der Waals surface area contributed by atoms with Crippen molar-refractivity contribution in [3.8, 4) is 0 Å². The van der Waals surface area contributed by atoms with Crippen LogP contribution in [0.4, 0.5) is 0 Å². The highest BCUT2D eigenvalue weighted by Gasteiger charge is 2.19. The number of hydrogen-bond donors (Lipinski definition) is 0. The molecule has 0 aromatic carbocycles. The number of unbranched alkanes of at least 4 members (excludes halogenated alkanes) is 53. The van der Waals surface area contributed by atoms with Gasteiger partial charge in [-0.1, -0.05) is 347 Å². The standard InChI is InChI=1S/C74H140O6/c1-4-7-10-13-16-19-22-25-27-29-31-33-34-35-36-37-38-39-41-42-44-46-49-52-55-58-61-64-67-73(76)79-70-71(69-78-72(75)66-63-60-57-54-51-48-24-21-18-15-12-9-6-3)80-74(77)68-65-62-59-56-53-50-47-45-43-40-32-30-28-26-23-20-17-14-11-8-5-2/h21,24,30,32,71H,4-20,22-23,25-29,31,33-70H2,1-3H3/b24-21-,32-30-. The first kappa shape index (κ1) is 77.9. The number of allylic oxidation sites excluding steroid dienone is 4. The summed E-state index contributed by atoms with van der Waals surface area (Å²) in [5.74, 6) is -0.850. The van der Waals surface area contributed by atoms with E-state index in [0.29, 0.717) is 19.3 Å². The smallest absolute Gasteiger partial charge is 0.306 e. The summed E-state index contributed by atoms with van der Waals surface area (Å²) in [5, 5.41) is 0. The average molecular weight is 1130 g/mol. The van der Waals surface area contributed by atoms with Crippen LogP contribution in [0, 0.1) is 0 Å². The molecule has 1 atom stereocenters. The second-order valence-electron chi connectivity index (χ2n) is 24.9. The molecule has 0 spiro atoms. The first-order valence-corrected chi connectivity index (χ1v) is 36.3. The van der Waals surface area contributed by atoms with E-state index in [4.69, 9.17) is 14.2 Å². The molecular formula is C74H140O6. The van der Waals surface area contributed by atoms with Gasteiger partial charge < -0.3 is 14.2 Å². The van der Waals surface area contributed by atoms with Gasteiger partial charge >= 0.3 is 17.9 Å². The minimum atomic E-state index is -0.774. The molecule has 0 aliphatic heterocycles. The summed E-state index contributed by atoms with van der Waals surface area (Å²) in [6.45, 7) is 6.70. The van der Waals surface area contributed by atoms with E-state index >= 15 is 0 Å². The molecule has 0 aromatic heterocycles. The van der Waals surface area contributed by atoms with Crippen LogP contribution in [0.1, 0.15) is 412 Å². The van der Waals surface area contributed by atoms with Gasteiger partial charge in [-0.3, -0.25) is 14.4 Å². The summed E-state index contributed by atoms with van der Waals surface area (Å²) >= 11 is 0. The first-order chi connectivity index (χ1) is 39.5. The summed E-state index contributed by atoms with van der Waals surface area (Å²) < 4.78 is 17.0. The second-order valence-corrected chi connectivity index (χ2v) is 24.9. The third-order valence-corrected chi connectivity index (χ3v) is 16.7. The molecule has 472 valence electrons. The Hall–Kier alpha value is -2.11. The van der Waals surface area contributed by atoms with Gasteiger partial charge in [0.05, 0.1) is 0 Å². The molecule has 6 heteroatoms. The van der Waals surface area contributed by atoms with Gasteiger partial charge in [0.15, 0.2) is 6.10 Å². The van der Waals surface area contributed by atoms with Crippen molar-refractivity contribution < 1.29 is 28.6 Å². The Labute approximate surface area is 500 Å². The molecule has 0 radical (unpaired) electrons. The normalized spacial score (nSPS) is 12.1. The largest absolute Gasteiger partial charge is 0.462 e. The average Bonchev–Trinajstić information content (AvgIpc) is 3.46. The van der Waals surface area contributed by atoms with Gasteiger partial charge in [0.25, 0.3) is 0 Å².